The summed E-state index contributed by atoms with van der Waals surface area (Å²) in [5.74, 6) is 0.555. The van der Waals surface area contributed by atoms with Crippen LogP contribution in [0.25, 0.3) is 6.08 Å². The van der Waals surface area contributed by atoms with E-state index in [4.69, 9.17) is 5.73 Å². The van der Waals surface area contributed by atoms with E-state index in [1.54, 1.807) is 0 Å². The molecule has 0 saturated heterocycles. The smallest absolute Gasteiger partial charge is 0.152 e. The number of nitrogens with two attached hydrogens (primary N) is 1. The Kier molecular flexibility index (Phi) is 2.70. The van der Waals surface area contributed by atoms with E-state index in [1.165, 1.54) is 0 Å². The van der Waals surface area contributed by atoms with Crippen LogP contribution in [0.15, 0.2) is 6.08 Å². The van der Waals surface area contributed by atoms with Gasteiger partial charge in [0, 0.05) is 16.6 Å². The molecule has 1 aromatic rings. The summed E-state index contributed by atoms with van der Waals surface area (Å²) in [7, 11) is 0. The van der Waals surface area contributed by atoms with Gasteiger partial charge in [0.05, 0.1) is 0 Å². The number of alkyl halides is 1. The molecular formula is C7H10BrN3. The first-order chi connectivity index (χ1) is 5.25. The number of anilines is 1. The van der Waals surface area contributed by atoms with Crippen LogP contribution >= 0.6 is 15.9 Å². The highest BCUT2D eigenvalue weighted by atomic mass is 79.9. The number of allylic oxidation sites excluding steroid dienone is 1. The molecule has 0 spiro atoms. The molecule has 3 nitrogen and oxygen atoms in total. The van der Waals surface area contributed by atoms with Gasteiger partial charge in [0.15, 0.2) is 5.82 Å². The Morgan fingerprint density at radius 2 is 2.45 bits per heavy atom. The molecule has 0 aromatic carbocycles. The van der Waals surface area contributed by atoms with Crippen LogP contribution in [0.5, 0.6) is 0 Å². The molecule has 0 fully saturated rings. The molecule has 0 saturated carbocycles. The number of H-pyrrole nitrogens is 1. The largest absolute Gasteiger partial charge is 0.382 e. The Morgan fingerprint density at radius 3 is 2.91 bits per heavy atom. The van der Waals surface area contributed by atoms with Crippen molar-refractivity contribution in [3.05, 3.63) is 17.3 Å². The van der Waals surface area contributed by atoms with Crippen molar-refractivity contribution >= 4 is 27.8 Å². The summed E-state index contributed by atoms with van der Waals surface area (Å²) in [6.45, 7) is 1.94. The third kappa shape index (κ3) is 1.83. The van der Waals surface area contributed by atoms with Gasteiger partial charge >= 0.3 is 0 Å². The predicted octanol–water partition coefficient (Wildman–Crippen LogP) is 1.71. The number of nitrogens with zero attached hydrogens (tertiary/aromatic N) is 1. The first kappa shape index (κ1) is 8.33. The normalized spacial score (nSPS) is 11.1. The zero-order chi connectivity index (χ0) is 8.27. The second-order valence-electron chi connectivity index (χ2n) is 2.20. The predicted molar refractivity (Wildman–Crippen MR) is 50.6 cm³/mol. The van der Waals surface area contributed by atoms with Crippen molar-refractivity contribution in [1.82, 2.24) is 10.2 Å². The molecule has 1 rings (SSSR count). The van der Waals surface area contributed by atoms with Crippen LogP contribution in [0.4, 0.5) is 5.82 Å². The van der Waals surface area contributed by atoms with Crippen LogP contribution in [0.1, 0.15) is 11.3 Å². The number of nitrogens with one attached hydrogen (secondary N) is 1. The number of rotatable bonds is 2. The maximum Gasteiger partial charge on any atom is 0.152 e. The summed E-state index contributed by atoms with van der Waals surface area (Å²) in [6.07, 6.45) is 3.93. The maximum absolute atomic E-state index is 5.57. The van der Waals surface area contributed by atoms with Gasteiger partial charge in [-0.15, -0.1) is 0 Å². The molecule has 1 heterocycles. The summed E-state index contributed by atoms with van der Waals surface area (Å²) < 4.78 is 0. The third-order valence-electron chi connectivity index (χ3n) is 1.40. The van der Waals surface area contributed by atoms with Gasteiger partial charge in [-0.25, -0.2) is 0 Å². The minimum absolute atomic E-state index is 0.555. The topological polar surface area (TPSA) is 54.7 Å². The Hall–Kier alpha value is -0.770. The number of hydrogen-bond acceptors (Lipinski definition) is 2. The van der Waals surface area contributed by atoms with Crippen LogP contribution in [0.2, 0.25) is 0 Å². The van der Waals surface area contributed by atoms with Crippen LogP contribution in [0, 0.1) is 6.92 Å². The molecule has 4 heteroatoms. The van der Waals surface area contributed by atoms with Gasteiger partial charge in [0.2, 0.25) is 0 Å². The molecule has 60 valence electrons. The van der Waals surface area contributed by atoms with Gasteiger partial charge in [-0.05, 0) is 6.92 Å². The Labute approximate surface area is 73.8 Å². The van der Waals surface area contributed by atoms with Crippen molar-refractivity contribution in [2.75, 3.05) is 11.1 Å². The lowest BCUT2D eigenvalue weighted by Gasteiger charge is -1.89. The Bertz CT molecular complexity index is 245. The van der Waals surface area contributed by atoms with Crippen LogP contribution < -0.4 is 5.73 Å². The monoisotopic (exact) mass is 215 g/mol. The van der Waals surface area contributed by atoms with Gasteiger partial charge in [-0.2, -0.15) is 5.10 Å². The fourth-order valence-electron chi connectivity index (χ4n) is 0.829. The zero-order valence-electron chi connectivity index (χ0n) is 6.26. The number of aromatic amines is 1. The highest BCUT2D eigenvalue weighted by Gasteiger charge is 2.01. The standard InChI is InChI=1S/C7H10BrN3/c1-5-6(3-2-4-8)7(9)11-10-5/h2-3H,4H2,1H3,(H3,9,10,11). The first-order valence-electron chi connectivity index (χ1n) is 3.28. The van der Waals surface area contributed by atoms with E-state index in [9.17, 15) is 0 Å². The third-order valence-corrected chi connectivity index (χ3v) is 1.77. The van der Waals surface area contributed by atoms with E-state index in [0.29, 0.717) is 5.82 Å². The van der Waals surface area contributed by atoms with E-state index in [-0.39, 0.29) is 0 Å². The number of nitrogen functional groups attached to an aromatic ring is 1. The van der Waals surface area contributed by atoms with E-state index in [1.807, 2.05) is 19.1 Å². The molecule has 1 aromatic heterocycles. The van der Waals surface area contributed by atoms with Crippen LogP contribution in [0.3, 0.4) is 0 Å². The highest BCUT2D eigenvalue weighted by molar-refractivity contribution is 9.09. The molecular weight excluding hydrogens is 206 g/mol. The van der Waals surface area contributed by atoms with E-state index in [2.05, 4.69) is 26.1 Å². The molecule has 0 radical (unpaired) electrons. The molecule has 0 bridgehead atoms. The van der Waals surface area contributed by atoms with Gasteiger partial charge in [0.1, 0.15) is 0 Å². The fraction of sp³-hybridized carbons (Fsp3) is 0.286. The number of halogens is 1. The SMILES string of the molecule is Cc1[nH]nc(N)c1C=CCBr. The van der Waals surface area contributed by atoms with Crippen molar-refractivity contribution in [2.45, 2.75) is 6.92 Å². The second-order valence-corrected chi connectivity index (χ2v) is 2.85. The lowest BCUT2D eigenvalue weighted by molar-refractivity contribution is 1.05. The molecule has 3 N–H and O–H groups in total. The molecule has 0 aliphatic heterocycles. The molecule has 11 heavy (non-hydrogen) atoms. The highest BCUT2D eigenvalue weighted by Crippen LogP contribution is 2.13. The number of aryl methyl sites for hydroxylation is 1. The van der Waals surface area contributed by atoms with Crippen molar-refractivity contribution in [1.29, 1.82) is 0 Å². The summed E-state index contributed by atoms with van der Waals surface area (Å²) in [5.41, 5.74) is 7.55. The summed E-state index contributed by atoms with van der Waals surface area (Å²) in [6, 6.07) is 0. The fourth-order valence-corrected chi connectivity index (χ4v) is 1.02. The van der Waals surface area contributed by atoms with Crippen molar-refractivity contribution in [3.63, 3.8) is 0 Å². The molecule has 0 aliphatic rings. The van der Waals surface area contributed by atoms with Crippen molar-refractivity contribution in [2.24, 2.45) is 0 Å². The molecule has 0 atom stereocenters. The minimum atomic E-state index is 0.555. The summed E-state index contributed by atoms with van der Waals surface area (Å²) >= 11 is 3.29. The van der Waals surface area contributed by atoms with E-state index in [0.717, 1.165) is 16.6 Å². The lowest BCUT2D eigenvalue weighted by Crippen LogP contribution is -1.86. The van der Waals surface area contributed by atoms with E-state index >= 15 is 0 Å². The molecule has 0 unspecified atom stereocenters. The molecule has 0 amide bonds. The Balaban J connectivity index is 2.92. The van der Waals surface area contributed by atoms with Crippen molar-refractivity contribution < 1.29 is 0 Å². The van der Waals surface area contributed by atoms with Crippen molar-refractivity contribution in [3.8, 4) is 0 Å². The van der Waals surface area contributed by atoms with Gasteiger partial charge in [-0.3, -0.25) is 5.10 Å². The summed E-state index contributed by atoms with van der Waals surface area (Å²) in [4.78, 5) is 0. The quantitative estimate of drug-likeness (QED) is 0.739. The first-order valence-corrected chi connectivity index (χ1v) is 4.40. The minimum Gasteiger partial charge on any atom is -0.382 e. The second kappa shape index (κ2) is 3.57. The maximum atomic E-state index is 5.57. The molecule has 0 aliphatic carbocycles. The van der Waals surface area contributed by atoms with Gasteiger partial charge in [0.25, 0.3) is 0 Å². The number of aromatic nitrogens is 2. The van der Waals surface area contributed by atoms with Crippen LogP contribution in [-0.2, 0) is 0 Å². The lowest BCUT2D eigenvalue weighted by atomic mass is 10.2. The average Bonchev–Trinajstić information content (AvgIpc) is 2.29. The van der Waals surface area contributed by atoms with E-state index < -0.39 is 0 Å². The number of hydrogen-bond donors (Lipinski definition) is 2. The van der Waals surface area contributed by atoms with Crippen LogP contribution in [-0.4, -0.2) is 15.5 Å². The average molecular weight is 216 g/mol. The van der Waals surface area contributed by atoms with Gasteiger partial charge in [-0.1, -0.05) is 28.1 Å². The zero-order valence-corrected chi connectivity index (χ0v) is 7.85. The van der Waals surface area contributed by atoms with Gasteiger partial charge < -0.3 is 5.73 Å². The summed E-state index contributed by atoms with van der Waals surface area (Å²) in [5, 5.41) is 7.49. The Morgan fingerprint density at radius 1 is 1.73 bits per heavy atom.